The maximum Gasteiger partial charge on any atom is 0.307 e. The highest BCUT2D eigenvalue weighted by Gasteiger charge is 2.41. The van der Waals surface area contributed by atoms with Crippen LogP contribution in [0, 0.1) is 5.82 Å². The summed E-state index contributed by atoms with van der Waals surface area (Å²) in [6.07, 6.45) is 3.80. The maximum atomic E-state index is 13.7. The first-order valence-electron chi connectivity index (χ1n) is 9.67. The van der Waals surface area contributed by atoms with Gasteiger partial charge in [-0.1, -0.05) is 17.7 Å². The Labute approximate surface area is 189 Å². The summed E-state index contributed by atoms with van der Waals surface area (Å²) in [5.74, 6) is -0.794. The van der Waals surface area contributed by atoms with Gasteiger partial charge in [0.2, 0.25) is 0 Å². The topological polar surface area (TPSA) is 59.4 Å². The second-order valence-electron chi connectivity index (χ2n) is 7.05. The van der Waals surface area contributed by atoms with Crippen LogP contribution in [0.3, 0.4) is 0 Å². The van der Waals surface area contributed by atoms with Gasteiger partial charge in [-0.3, -0.25) is 9.78 Å². The molecule has 0 amide bonds. The van der Waals surface area contributed by atoms with Gasteiger partial charge in [-0.15, -0.1) is 0 Å². The van der Waals surface area contributed by atoms with Gasteiger partial charge < -0.3 is 19.5 Å². The molecule has 2 atom stereocenters. The van der Waals surface area contributed by atoms with Gasteiger partial charge in [0, 0.05) is 30.3 Å². The van der Waals surface area contributed by atoms with Crippen LogP contribution in [0.1, 0.15) is 29.9 Å². The van der Waals surface area contributed by atoms with Gasteiger partial charge in [-0.05, 0) is 54.7 Å². The first-order chi connectivity index (χ1) is 15.0. The number of hydrogen-bond acceptors (Lipinski definition) is 4. The molecule has 3 aromatic rings. The average molecular weight is 459 g/mol. The number of methoxy groups -OCH3 is 1. The maximum absolute atomic E-state index is 13.7. The summed E-state index contributed by atoms with van der Waals surface area (Å²) < 4.78 is 20.5. The Hall–Kier alpha value is -2.97. The number of hydrogen-bond donors (Lipinski definition) is 1. The van der Waals surface area contributed by atoms with Gasteiger partial charge >= 0.3 is 5.97 Å². The van der Waals surface area contributed by atoms with E-state index in [-0.39, 0.29) is 29.5 Å². The zero-order valence-electron chi connectivity index (χ0n) is 16.7. The van der Waals surface area contributed by atoms with Crippen LogP contribution in [0.25, 0.3) is 5.69 Å². The van der Waals surface area contributed by atoms with E-state index >= 15 is 0 Å². The van der Waals surface area contributed by atoms with Crippen LogP contribution in [-0.2, 0) is 9.53 Å². The van der Waals surface area contributed by atoms with Gasteiger partial charge in [-0.2, -0.15) is 0 Å². The highest BCUT2D eigenvalue weighted by molar-refractivity contribution is 7.80. The second kappa shape index (κ2) is 9.03. The van der Waals surface area contributed by atoms with Crippen molar-refractivity contribution in [3.63, 3.8) is 0 Å². The number of rotatable bonds is 6. The van der Waals surface area contributed by atoms with Crippen LogP contribution in [0.15, 0.2) is 60.9 Å². The lowest BCUT2D eigenvalue weighted by molar-refractivity contribution is -0.140. The molecule has 1 saturated heterocycles. The fraction of sp³-hybridized carbons (Fsp3) is 0.227. The van der Waals surface area contributed by atoms with E-state index in [1.165, 1.54) is 13.2 Å². The average Bonchev–Trinajstić information content (AvgIpc) is 3.38. The highest BCUT2D eigenvalue weighted by Crippen LogP contribution is 2.39. The van der Waals surface area contributed by atoms with E-state index in [1.54, 1.807) is 18.3 Å². The zero-order valence-corrected chi connectivity index (χ0v) is 18.2. The Bertz CT molecular complexity index is 1110. The molecular formula is C22H20ClFN4O2S. The number of carbonyl (C=O) groups excluding carboxylic acids is 1. The van der Waals surface area contributed by atoms with Gasteiger partial charge in [0.05, 0.1) is 36.3 Å². The standard InChI is InChI=1S/C22H20ClFN4O2S/c1-30-19(29)9-12-28-21(20(26-22(28)31)17-5-2-3-10-25-17)18-6-4-11-27(18)14-7-8-16(24)15(23)13-14/h2-8,10-11,13,20-21H,9,12H2,1H3,(H,26,31). The van der Waals surface area contributed by atoms with Crippen LogP contribution < -0.4 is 5.32 Å². The molecule has 0 saturated carbocycles. The second-order valence-corrected chi connectivity index (χ2v) is 7.84. The first kappa shape index (κ1) is 21.3. The molecule has 2 aromatic heterocycles. The van der Waals surface area contributed by atoms with Crippen LogP contribution in [0.2, 0.25) is 5.02 Å². The minimum absolute atomic E-state index is 0.0426. The van der Waals surface area contributed by atoms with Crippen molar-refractivity contribution in [2.24, 2.45) is 0 Å². The van der Waals surface area contributed by atoms with Crippen LogP contribution in [0.4, 0.5) is 4.39 Å². The lowest BCUT2D eigenvalue weighted by Gasteiger charge is -2.28. The van der Waals surface area contributed by atoms with Gasteiger partial charge in [-0.25, -0.2) is 4.39 Å². The predicted molar refractivity (Wildman–Crippen MR) is 120 cm³/mol. The number of nitrogens with one attached hydrogen (secondary N) is 1. The molecule has 0 aliphatic carbocycles. The number of pyridine rings is 1. The fourth-order valence-corrected chi connectivity index (χ4v) is 4.29. The summed E-state index contributed by atoms with van der Waals surface area (Å²) in [5.41, 5.74) is 2.44. The van der Waals surface area contributed by atoms with Crippen molar-refractivity contribution in [1.29, 1.82) is 0 Å². The Balaban J connectivity index is 1.77. The van der Waals surface area contributed by atoms with E-state index in [1.807, 2.05) is 46.0 Å². The minimum atomic E-state index is -0.478. The Morgan fingerprint density at radius 1 is 1.29 bits per heavy atom. The summed E-state index contributed by atoms with van der Waals surface area (Å²) in [6, 6.07) is 13.7. The monoisotopic (exact) mass is 458 g/mol. The molecule has 1 fully saturated rings. The fourth-order valence-electron chi connectivity index (χ4n) is 3.79. The number of nitrogens with zero attached hydrogens (tertiary/aromatic N) is 3. The molecule has 0 radical (unpaired) electrons. The SMILES string of the molecule is COC(=O)CCN1C(=S)NC(c2ccccn2)C1c1cccn1-c1ccc(F)c(Cl)c1. The van der Waals surface area contributed by atoms with Crippen molar-refractivity contribution in [2.45, 2.75) is 18.5 Å². The molecule has 1 aromatic carbocycles. The zero-order chi connectivity index (χ0) is 22.0. The Morgan fingerprint density at radius 3 is 2.84 bits per heavy atom. The number of thiocarbonyl (C=S) groups is 1. The summed E-state index contributed by atoms with van der Waals surface area (Å²) in [6.45, 7) is 0.377. The van der Waals surface area contributed by atoms with Crippen LogP contribution in [0.5, 0.6) is 0 Å². The van der Waals surface area contributed by atoms with E-state index < -0.39 is 5.82 Å². The lowest BCUT2D eigenvalue weighted by Crippen LogP contribution is -2.32. The molecule has 1 aliphatic heterocycles. The summed E-state index contributed by atoms with van der Waals surface area (Å²) in [7, 11) is 1.36. The number of benzene rings is 1. The van der Waals surface area contributed by atoms with Crippen LogP contribution >= 0.6 is 23.8 Å². The minimum Gasteiger partial charge on any atom is -0.469 e. The van der Waals surface area contributed by atoms with Crippen molar-refractivity contribution in [3.8, 4) is 5.69 Å². The van der Waals surface area contributed by atoms with Gasteiger partial charge in [0.15, 0.2) is 5.11 Å². The summed E-state index contributed by atoms with van der Waals surface area (Å²) >= 11 is 11.6. The molecule has 0 bridgehead atoms. The number of halogens is 2. The molecule has 3 heterocycles. The molecule has 9 heteroatoms. The largest absolute Gasteiger partial charge is 0.469 e. The highest BCUT2D eigenvalue weighted by atomic mass is 35.5. The molecule has 31 heavy (non-hydrogen) atoms. The van der Waals surface area contributed by atoms with E-state index in [0.29, 0.717) is 11.7 Å². The molecule has 2 unspecified atom stereocenters. The van der Waals surface area contributed by atoms with Gasteiger partial charge in [0.1, 0.15) is 5.82 Å². The summed E-state index contributed by atoms with van der Waals surface area (Å²) in [4.78, 5) is 18.3. The van der Waals surface area contributed by atoms with Gasteiger partial charge in [0.25, 0.3) is 0 Å². The number of ether oxygens (including phenoxy) is 1. The summed E-state index contributed by atoms with van der Waals surface area (Å²) in [5, 5.41) is 3.91. The molecule has 1 N–H and O–H groups in total. The van der Waals surface area contributed by atoms with E-state index in [0.717, 1.165) is 17.1 Å². The third-order valence-corrected chi connectivity index (χ3v) is 5.89. The molecule has 160 valence electrons. The molecule has 4 rings (SSSR count). The predicted octanol–water partition coefficient (Wildman–Crippen LogP) is 4.20. The quantitative estimate of drug-likeness (QED) is 0.441. The third-order valence-electron chi connectivity index (χ3n) is 5.25. The molecular weight excluding hydrogens is 439 g/mol. The van der Waals surface area contributed by atoms with Crippen molar-refractivity contribution in [2.75, 3.05) is 13.7 Å². The molecule has 6 nitrogen and oxygen atoms in total. The first-order valence-corrected chi connectivity index (χ1v) is 10.5. The van der Waals surface area contributed by atoms with Crippen molar-refractivity contribution in [3.05, 3.63) is 83.2 Å². The Morgan fingerprint density at radius 2 is 2.13 bits per heavy atom. The van der Waals surface area contributed by atoms with E-state index in [2.05, 4.69) is 10.3 Å². The normalized spacial score (nSPS) is 18.2. The lowest BCUT2D eigenvalue weighted by atomic mass is 10.0. The third kappa shape index (κ3) is 4.26. The van der Waals surface area contributed by atoms with Crippen molar-refractivity contribution >= 4 is 34.9 Å². The number of aromatic nitrogens is 2. The molecule has 1 aliphatic rings. The van der Waals surface area contributed by atoms with E-state index in [4.69, 9.17) is 28.6 Å². The Kier molecular flexibility index (Phi) is 6.20. The van der Waals surface area contributed by atoms with E-state index in [9.17, 15) is 9.18 Å². The van der Waals surface area contributed by atoms with Crippen molar-refractivity contribution in [1.82, 2.24) is 19.8 Å². The molecule has 0 spiro atoms. The number of esters is 1. The number of carbonyl (C=O) groups is 1. The smallest absolute Gasteiger partial charge is 0.307 e. The van der Waals surface area contributed by atoms with Crippen LogP contribution in [-0.4, -0.2) is 39.2 Å². The van der Waals surface area contributed by atoms with Crippen molar-refractivity contribution < 1.29 is 13.9 Å².